The van der Waals surface area contributed by atoms with Crippen LogP contribution in [0.5, 0.6) is 0 Å². The molecular weight excluding hydrogens is 260 g/mol. The molecule has 0 saturated heterocycles. The topological polar surface area (TPSA) is 36.1 Å². The first-order chi connectivity index (χ1) is 10.2. The van der Waals surface area contributed by atoms with Crippen LogP contribution in [0.2, 0.25) is 0 Å². The number of amides is 1. The number of H-pyrrole nitrogens is 1. The number of carbonyl (C=O) groups excluding carboxylic acids is 1. The molecule has 1 N–H and O–H groups in total. The molecule has 3 nitrogen and oxygen atoms in total. The van der Waals surface area contributed by atoms with Gasteiger partial charge in [0, 0.05) is 29.5 Å². The Labute approximate surface area is 124 Å². The Hall–Kier alpha value is -2.55. The van der Waals surface area contributed by atoms with Crippen LogP contribution in [0.4, 0.5) is 5.69 Å². The number of rotatable bonds is 3. The van der Waals surface area contributed by atoms with Crippen LogP contribution in [0.3, 0.4) is 0 Å². The molecule has 0 unspecified atom stereocenters. The molecule has 0 radical (unpaired) electrons. The van der Waals surface area contributed by atoms with E-state index in [-0.39, 0.29) is 5.91 Å². The summed E-state index contributed by atoms with van der Waals surface area (Å²) >= 11 is 0. The molecule has 1 heterocycles. The van der Waals surface area contributed by atoms with Crippen molar-refractivity contribution in [2.24, 2.45) is 0 Å². The highest BCUT2D eigenvalue weighted by atomic mass is 16.2. The molecule has 0 aliphatic carbocycles. The fourth-order valence-corrected chi connectivity index (χ4v) is 2.58. The average Bonchev–Trinajstić information content (AvgIpc) is 2.95. The second kappa shape index (κ2) is 5.44. The van der Waals surface area contributed by atoms with Crippen molar-refractivity contribution in [1.82, 2.24) is 4.98 Å². The van der Waals surface area contributed by atoms with Gasteiger partial charge in [-0.05, 0) is 55.1 Å². The van der Waals surface area contributed by atoms with Gasteiger partial charge in [-0.2, -0.15) is 0 Å². The van der Waals surface area contributed by atoms with E-state index in [0.717, 1.165) is 22.2 Å². The predicted molar refractivity (Wildman–Crippen MR) is 86.8 cm³/mol. The minimum Gasteiger partial charge on any atom is -0.361 e. The summed E-state index contributed by atoms with van der Waals surface area (Å²) in [6, 6.07) is 15.8. The van der Waals surface area contributed by atoms with Crippen molar-refractivity contribution in [3.63, 3.8) is 0 Å². The van der Waals surface area contributed by atoms with Crippen LogP contribution >= 0.6 is 0 Å². The molecule has 1 aromatic heterocycles. The van der Waals surface area contributed by atoms with Crippen molar-refractivity contribution in [3.05, 3.63) is 65.9 Å². The quantitative estimate of drug-likeness (QED) is 0.768. The van der Waals surface area contributed by atoms with Crippen molar-refractivity contribution in [1.29, 1.82) is 0 Å². The molecule has 2 aromatic carbocycles. The third-order valence-electron chi connectivity index (χ3n) is 3.68. The molecule has 3 aromatic rings. The van der Waals surface area contributed by atoms with E-state index in [1.54, 1.807) is 4.90 Å². The Morgan fingerprint density at radius 3 is 2.76 bits per heavy atom. The highest BCUT2D eigenvalue weighted by molar-refractivity contribution is 6.07. The standard InChI is InChI=1S/C18H18N2O/c1-3-20(16-6-4-5-13(2)11-16)18(21)15-8-7-14-9-10-19-17(14)12-15/h4-12,19H,3H2,1-2H3. The second-order valence-corrected chi connectivity index (χ2v) is 5.17. The Kier molecular flexibility index (Phi) is 3.48. The number of aromatic nitrogens is 1. The van der Waals surface area contributed by atoms with Crippen molar-refractivity contribution in [3.8, 4) is 0 Å². The molecule has 0 spiro atoms. The largest absolute Gasteiger partial charge is 0.361 e. The van der Waals surface area contributed by atoms with Gasteiger partial charge in [0.15, 0.2) is 0 Å². The van der Waals surface area contributed by atoms with Gasteiger partial charge < -0.3 is 9.88 Å². The van der Waals surface area contributed by atoms with Crippen molar-refractivity contribution in [2.75, 3.05) is 11.4 Å². The van der Waals surface area contributed by atoms with E-state index in [9.17, 15) is 4.79 Å². The molecule has 0 atom stereocenters. The number of nitrogens with one attached hydrogen (secondary N) is 1. The van der Waals surface area contributed by atoms with Crippen LogP contribution in [-0.2, 0) is 0 Å². The summed E-state index contributed by atoms with van der Waals surface area (Å²) in [6.07, 6.45) is 1.89. The molecule has 21 heavy (non-hydrogen) atoms. The molecule has 3 heteroatoms. The minimum atomic E-state index is 0.0274. The lowest BCUT2D eigenvalue weighted by Gasteiger charge is -2.21. The number of fused-ring (bicyclic) bond motifs is 1. The number of benzene rings is 2. The molecule has 0 aliphatic heterocycles. The first kappa shape index (κ1) is 13.4. The lowest BCUT2D eigenvalue weighted by atomic mass is 10.1. The zero-order valence-electron chi connectivity index (χ0n) is 12.3. The Balaban J connectivity index is 1.98. The first-order valence-corrected chi connectivity index (χ1v) is 7.14. The van der Waals surface area contributed by atoms with E-state index in [1.807, 2.05) is 68.6 Å². The van der Waals surface area contributed by atoms with E-state index in [1.165, 1.54) is 0 Å². The van der Waals surface area contributed by atoms with Gasteiger partial charge >= 0.3 is 0 Å². The monoisotopic (exact) mass is 278 g/mol. The van der Waals surface area contributed by atoms with E-state index in [2.05, 4.69) is 4.98 Å². The van der Waals surface area contributed by atoms with Crippen LogP contribution in [-0.4, -0.2) is 17.4 Å². The number of anilines is 1. The SMILES string of the molecule is CCN(C(=O)c1ccc2cc[nH]c2c1)c1cccc(C)c1. The lowest BCUT2D eigenvalue weighted by Crippen LogP contribution is -2.30. The van der Waals surface area contributed by atoms with Crippen molar-refractivity contribution < 1.29 is 4.79 Å². The maximum Gasteiger partial charge on any atom is 0.258 e. The Bertz CT molecular complexity index is 789. The smallest absolute Gasteiger partial charge is 0.258 e. The van der Waals surface area contributed by atoms with Crippen LogP contribution < -0.4 is 4.90 Å². The minimum absolute atomic E-state index is 0.0274. The van der Waals surface area contributed by atoms with E-state index in [0.29, 0.717) is 12.1 Å². The summed E-state index contributed by atoms with van der Waals surface area (Å²) < 4.78 is 0. The molecule has 3 rings (SSSR count). The third kappa shape index (κ3) is 2.55. The molecule has 0 fully saturated rings. The molecule has 0 bridgehead atoms. The lowest BCUT2D eigenvalue weighted by molar-refractivity contribution is 0.0988. The number of aromatic amines is 1. The third-order valence-corrected chi connectivity index (χ3v) is 3.68. The Morgan fingerprint density at radius 2 is 2.00 bits per heavy atom. The van der Waals surface area contributed by atoms with E-state index < -0.39 is 0 Å². The maximum absolute atomic E-state index is 12.8. The summed E-state index contributed by atoms with van der Waals surface area (Å²) in [7, 11) is 0. The number of aryl methyl sites for hydroxylation is 1. The van der Waals surface area contributed by atoms with Gasteiger partial charge in [-0.3, -0.25) is 4.79 Å². The molecule has 0 saturated carbocycles. The zero-order chi connectivity index (χ0) is 14.8. The normalized spacial score (nSPS) is 10.8. The summed E-state index contributed by atoms with van der Waals surface area (Å²) in [5.74, 6) is 0.0274. The van der Waals surface area contributed by atoms with Gasteiger partial charge in [0.05, 0.1) is 0 Å². The fraction of sp³-hybridized carbons (Fsp3) is 0.167. The Morgan fingerprint density at radius 1 is 1.14 bits per heavy atom. The number of hydrogen-bond acceptors (Lipinski definition) is 1. The zero-order valence-corrected chi connectivity index (χ0v) is 12.3. The number of nitrogens with zero attached hydrogens (tertiary/aromatic N) is 1. The number of hydrogen-bond donors (Lipinski definition) is 1. The first-order valence-electron chi connectivity index (χ1n) is 7.14. The summed E-state index contributed by atoms with van der Waals surface area (Å²) in [5, 5.41) is 1.12. The molecule has 0 aliphatic rings. The summed E-state index contributed by atoms with van der Waals surface area (Å²) in [4.78, 5) is 17.7. The van der Waals surface area contributed by atoms with Gasteiger partial charge in [-0.1, -0.05) is 18.2 Å². The number of carbonyl (C=O) groups is 1. The predicted octanol–water partition coefficient (Wildman–Crippen LogP) is 4.14. The highest BCUT2D eigenvalue weighted by Crippen LogP contribution is 2.20. The van der Waals surface area contributed by atoms with Gasteiger partial charge in [0.25, 0.3) is 5.91 Å². The van der Waals surface area contributed by atoms with Gasteiger partial charge in [0.1, 0.15) is 0 Å². The van der Waals surface area contributed by atoms with Crippen LogP contribution in [0.15, 0.2) is 54.7 Å². The second-order valence-electron chi connectivity index (χ2n) is 5.17. The average molecular weight is 278 g/mol. The summed E-state index contributed by atoms with van der Waals surface area (Å²) in [5.41, 5.74) is 3.78. The van der Waals surface area contributed by atoms with E-state index >= 15 is 0 Å². The van der Waals surface area contributed by atoms with E-state index in [4.69, 9.17) is 0 Å². The molecule has 1 amide bonds. The maximum atomic E-state index is 12.8. The highest BCUT2D eigenvalue weighted by Gasteiger charge is 2.16. The van der Waals surface area contributed by atoms with Gasteiger partial charge in [-0.25, -0.2) is 0 Å². The van der Waals surface area contributed by atoms with Gasteiger partial charge in [-0.15, -0.1) is 0 Å². The molecule has 106 valence electrons. The van der Waals surface area contributed by atoms with Gasteiger partial charge in [0.2, 0.25) is 0 Å². The van der Waals surface area contributed by atoms with Crippen LogP contribution in [0.25, 0.3) is 10.9 Å². The van der Waals surface area contributed by atoms with Crippen molar-refractivity contribution >= 4 is 22.5 Å². The van der Waals surface area contributed by atoms with Crippen LogP contribution in [0.1, 0.15) is 22.8 Å². The van der Waals surface area contributed by atoms with Crippen LogP contribution in [0, 0.1) is 6.92 Å². The summed E-state index contributed by atoms with van der Waals surface area (Å²) in [6.45, 7) is 4.67. The molecular formula is C18H18N2O. The van der Waals surface area contributed by atoms with Crippen molar-refractivity contribution in [2.45, 2.75) is 13.8 Å². The fourth-order valence-electron chi connectivity index (χ4n) is 2.58.